The van der Waals surface area contributed by atoms with Crippen molar-refractivity contribution in [3.05, 3.63) is 41.3 Å². The minimum absolute atomic E-state index is 0.185. The summed E-state index contributed by atoms with van der Waals surface area (Å²) in [6.45, 7) is 1.76. The molecule has 0 bridgehead atoms. The lowest BCUT2D eigenvalue weighted by Gasteiger charge is -2.18. The summed E-state index contributed by atoms with van der Waals surface area (Å²) in [6, 6.07) is 7.93. The zero-order chi connectivity index (χ0) is 17.7. The van der Waals surface area contributed by atoms with Gasteiger partial charge in [0, 0.05) is 5.56 Å². The van der Waals surface area contributed by atoms with E-state index in [1.54, 1.807) is 43.7 Å². The molecule has 0 saturated carbocycles. The molecule has 0 fully saturated rings. The number of amides is 1. The summed E-state index contributed by atoms with van der Waals surface area (Å²) in [5.41, 5.74) is 0.707. The maximum Gasteiger partial charge on any atom is 0.236 e. The lowest BCUT2D eigenvalue weighted by Crippen LogP contribution is -2.32. The summed E-state index contributed by atoms with van der Waals surface area (Å²) in [4.78, 5) is 12.1. The van der Waals surface area contributed by atoms with E-state index in [2.05, 4.69) is 5.32 Å². The van der Waals surface area contributed by atoms with Gasteiger partial charge in [0.2, 0.25) is 5.91 Å². The number of nitrogens with one attached hydrogen (secondary N) is 1. The Labute approximate surface area is 145 Å². The van der Waals surface area contributed by atoms with Gasteiger partial charge < -0.3 is 14.8 Å². The Balaban J connectivity index is 2.12. The van der Waals surface area contributed by atoms with Crippen LogP contribution >= 0.6 is 11.3 Å². The Morgan fingerprint density at radius 1 is 1.25 bits per heavy atom. The quantitative estimate of drug-likeness (QED) is 0.810. The number of thiophene rings is 1. The van der Waals surface area contributed by atoms with Gasteiger partial charge in [-0.05, 0) is 36.6 Å². The van der Waals surface area contributed by atoms with Gasteiger partial charge in [-0.1, -0.05) is 6.07 Å². The highest BCUT2D eigenvalue weighted by atomic mass is 32.2. The fourth-order valence-corrected chi connectivity index (χ4v) is 4.46. The number of carbonyl (C=O) groups is 1. The van der Waals surface area contributed by atoms with Crippen molar-refractivity contribution in [1.29, 1.82) is 0 Å². The minimum Gasteiger partial charge on any atom is -0.497 e. The Morgan fingerprint density at radius 2 is 2.00 bits per heavy atom. The van der Waals surface area contributed by atoms with Gasteiger partial charge in [0.1, 0.15) is 21.5 Å². The summed E-state index contributed by atoms with van der Waals surface area (Å²) in [5.74, 6) is 0.0491. The van der Waals surface area contributed by atoms with E-state index in [0.29, 0.717) is 17.1 Å². The molecule has 130 valence electrons. The molecule has 24 heavy (non-hydrogen) atoms. The second-order valence-electron chi connectivity index (χ2n) is 5.09. The predicted molar refractivity (Wildman–Crippen MR) is 92.5 cm³/mol. The smallest absolute Gasteiger partial charge is 0.236 e. The molecular weight excluding hydrogens is 350 g/mol. The van der Waals surface area contributed by atoms with E-state index in [0.717, 1.165) is 11.3 Å². The third-order valence-electron chi connectivity index (χ3n) is 3.40. The molecule has 0 aliphatic heterocycles. The lowest BCUT2D eigenvalue weighted by atomic mass is 10.1. The van der Waals surface area contributed by atoms with Crippen molar-refractivity contribution in [3.8, 4) is 11.5 Å². The molecular formula is C16H19NO5S2. The predicted octanol–water partition coefficient (Wildman–Crippen LogP) is 2.42. The Bertz CT molecular complexity index is 800. The zero-order valence-electron chi connectivity index (χ0n) is 13.6. The molecule has 2 aromatic rings. The molecule has 0 spiro atoms. The molecule has 1 heterocycles. The first-order valence-corrected chi connectivity index (χ1v) is 9.68. The number of rotatable bonds is 7. The summed E-state index contributed by atoms with van der Waals surface area (Å²) in [5, 5.41) is 4.35. The zero-order valence-corrected chi connectivity index (χ0v) is 15.2. The first-order chi connectivity index (χ1) is 11.4. The molecule has 0 aliphatic rings. The molecule has 2 rings (SSSR count). The Kier molecular flexibility index (Phi) is 5.84. The van der Waals surface area contributed by atoms with Crippen LogP contribution in [0, 0.1) is 0 Å². The van der Waals surface area contributed by atoms with Crippen LogP contribution in [0.1, 0.15) is 18.5 Å². The molecule has 6 nitrogen and oxygen atoms in total. The maximum atomic E-state index is 12.2. The number of sulfone groups is 1. The van der Waals surface area contributed by atoms with E-state index in [1.807, 2.05) is 0 Å². The average molecular weight is 369 g/mol. The number of methoxy groups -OCH3 is 2. The third-order valence-corrected chi connectivity index (χ3v) is 6.51. The van der Waals surface area contributed by atoms with Gasteiger partial charge in [0.05, 0.1) is 20.3 Å². The van der Waals surface area contributed by atoms with Crippen LogP contribution in [0.25, 0.3) is 0 Å². The van der Waals surface area contributed by atoms with E-state index in [9.17, 15) is 13.2 Å². The lowest BCUT2D eigenvalue weighted by molar-refractivity contribution is -0.119. The van der Waals surface area contributed by atoms with Gasteiger partial charge in [0.15, 0.2) is 9.84 Å². The summed E-state index contributed by atoms with van der Waals surface area (Å²) in [6.07, 6.45) is 0. The van der Waals surface area contributed by atoms with Crippen molar-refractivity contribution in [1.82, 2.24) is 5.32 Å². The number of hydrogen-bond acceptors (Lipinski definition) is 6. The Morgan fingerprint density at radius 3 is 2.58 bits per heavy atom. The van der Waals surface area contributed by atoms with Gasteiger partial charge in [0.25, 0.3) is 0 Å². The highest BCUT2D eigenvalue weighted by molar-refractivity contribution is 7.94. The molecule has 0 radical (unpaired) electrons. The number of carbonyl (C=O) groups excluding carboxylic acids is 1. The number of benzene rings is 1. The second-order valence-corrected chi connectivity index (χ2v) is 8.25. The van der Waals surface area contributed by atoms with E-state index in [-0.39, 0.29) is 4.21 Å². The van der Waals surface area contributed by atoms with Gasteiger partial charge in [-0.3, -0.25) is 4.79 Å². The molecule has 1 atom stereocenters. The van der Waals surface area contributed by atoms with Crippen LogP contribution in [-0.2, 0) is 14.6 Å². The normalized spacial score (nSPS) is 12.5. The second kappa shape index (κ2) is 7.67. The number of hydrogen-bond donors (Lipinski definition) is 1. The van der Waals surface area contributed by atoms with E-state index >= 15 is 0 Å². The number of ether oxygens (including phenoxy) is 2. The molecule has 1 N–H and O–H groups in total. The molecule has 0 saturated heterocycles. The van der Waals surface area contributed by atoms with E-state index in [4.69, 9.17) is 9.47 Å². The first-order valence-electron chi connectivity index (χ1n) is 7.15. The molecule has 1 aromatic carbocycles. The van der Waals surface area contributed by atoms with Crippen molar-refractivity contribution >= 4 is 27.1 Å². The molecule has 0 unspecified atom stereocenters. The van der Waals surface area contributed by atoms with Crippen LogP contribution in [0.5, 0.6) is 11.5 Å². The molecule has 1 aromatic heterocycles. The SMILES string of the molecule is COc1ccc(OC)c([C@H](C)NC(=O)CS(=O)(=O)c2cccs2)c1. The van der Waals surface area contributed by atoms with Crippen molar-refractivity contribution in [2.45, 2.75) is 17.2 Å². The maximum absolute atomic E-state index is 12.2. The first kappa shape index (κ1) is 18.3. The molecule has 0 aliphatic carbocycles. The van der Waals surface area contributed by atoms with Crippen LogP contribution in [0.3, 0.4) is 0 Å². The van der Waals surface area contributed by atoms with Crippen molar-refractivity contribution in [2.75, 3.05) is 20.0 Å². The van der Waals surface area contributed by atoms with Gasteiger partial charge >= 0.3 is 0 Å². The van der Waals surface area contributed by atoms with Gasteiger partial charge in [-0.25, -0.2) is 8.42 Å². The fraction of sp³-hybridized carbons (Fsp3) is 0.312. The molecule has 8 heteroatoms. The topological polar surface area (TPSA) is 81.7 Å². The van der Waals surface area contributed by atoms with E-state index in [1.165, 1.54) is 13.2 Å². The minimum atomic E-state index is -3.62. The van der Waals surface area contributed by atoms with Crippen LogP contribution < -0.4 is 14.8 Å². The van der Waals surface area contributed by atoms with Crippen LogP contribution in [0.4, 0.5) is 0 Å². The van der Waals surface area contributed by atoms with Crippen LogP contribution in [0.2, 0.25) is 0 Å². The summed E-state index contributed by atoms with van der Waals surface area (Å²) in [7, 11) is -0.549. The van der Waals surface area contributed by atoms with Gasteiger partial charge in [-0.15, -0.1) is 11.3 Å². The Hall–Kier alpha value is -2.06. The molecule has 1 amide bonds. The van der Waals surface area contributed by atoms with Crippen molar-refractivity contribution in [3.63, 3.8) is 0 Å². The fourth-order valence-electron chi connectivity index (χ4n) is 2.22. The van der Waals surface area contributed by atoms with Crippen LogP contribution in [0.15, 0.2) is 39.9 Å². The standard InChI is InChI=1S/C16H19NO5S2/c1-11(13-9-12(21-2)6-7-14(13)22-3)17-15(18)10-24(19,20)16-5-4-8-23-16/h4-9,11H,10H2,1-3H3,(H,17,18)/t11-/m0/s1. The highest BCUT2D eigenvalue weighted by Crippen LogP contribution is 2.29. The summed E-state index contributed by atoms with van der Waals surface area (Å²) < 4.78 is 34.9. The summed E-state index contributed by atoms with van der Waals surface area (Å²) >= 11 is 1.09. The van der Waals surface area contributed by atoms with Gasteiger partial charge in [-0.2, -0.15) is 0 Å². The highest BCUT2D eigenvalue weighted by Gasteiger charge is 2.22. The largest absolute Gasteiger partial charge is 0.497 e. The third kappa shape index (κ3) is 4.27. The monoisotopic (exact) mass is 369 g/mol. The van der Waals surface area contributed by atoms with E-state index < -0.39 is 27.5 Å². The van der Waals surface area contributed by atoms with Crippen LogP contribution in [-0.4, -0.2) is 34.3 Å². The average Bonchev–Trinajstić information content (AvgIpc) is 3.08. The van der Waals surface area contributed by atoms with Crippen molar-refractivity contribution < 1.29 is 22.7 Å². The van der Waals surface area contributed by atoms with Crippen molar-refractivity contribution in [2.24, 2.45) is 0 Å².